The van der Waals surface area contributed by atoms with Crippen molar-refractivity contribution in [3.05, 3.63) is 100 Å². The van der Waals surface area contributed by atoms with Crippen molar-refractivity contribution in [3.8, 4) is 0 Å². The van der Waals surface area contributed by atoms with E-state index >= 15 is 0 Å². The summed E-state index contributed by atoms with van der Waals surface area (Å²) in [6.07, 6.45) is 0.752. The van der Waals surface area contributed by atoms with E-state index in [9.17, 15) is 9.59 Å². The van der Waals surface area contributed by atoms with Crippen LogP contribution in [0.2, 0.25) is 10.0 Å². The summed E-state index contributed by atoms with van der Waals surface area (Å²) in [5, 5.41) is 4.22. The van der Waals surface area contributed by atoms with Gasteiger partial charge in [-0.1, -0.05) is 65.7 Å². The molecule has 0 saturated carbocycles. The number of carbonyl (C=O) groups is 2. The third-order valence-corrected chi connectivity index (χ3v) is 6.80. The zero-order chi connectivity index (χ0) is 24.3. The van der Waals surface area contributed by atoms with E-state index in [1.165, 1.54) is 0 Å². The molecule has 1 unspecified atom stereocenters. The summed E-state index contributed by atoms with van der Waals surface area (Å²) in [5.41, 5.74) is 1.92. The average Bonchev–Trinajstić information content (AvgIpc) is 2.84. The zero-order valence-corrected chi connectivity index (χ0v) is 21.4. The lowest BCUT2D eigenvalue weighted by atomic mass is 10.0. The minimum Gasteiger partial charge on any atom is -0.355 e. The van der Waals surface area contributed by atoms with Crippen LogP contribution in [-0.2, 0) is 22.6 Å². The van der Waals surface area contributed by atoms with Gasteiger partial charge in [0.25, 0.3) is 0 Å². The average molecular weight is 516 g/mol. The Morgan fingerprint density at radius 2 is 1.50 bits per heavy atom. The van der Waals surface area contributed by atoms with E-state index < -0.39 is 6.04 Å². The zero-order valence-electron chi connectivity index (χ0n) is 19.0. The molecule has 0 saturated heterocycles. The maximum atomic E-state index is 13.5. The van der Waals surface area contributed by atoms with Crippen LogP contribution in [0.4, 0.5) is 0 Å². The molecular formula is C27H28Cl2N2O2S. The number of likely N-dealkylation sites (N-methyl/N-ethyl adjacent to an activating group) is 1. The van der Waals surface area contributed by atoms with Crippen molar-refractivity contribution in [2.45, 2.75) is 37.2 Å². The highest BCUT2D eigenvalue weighted by molar-refractivity contribution is 7.99. The maximum Gasteiger partial charge on any atom is 0.243 e. The van der Waals surface area contributed by atoms with Gasteiger partial charge in [-0.2, -0.15) is 0 Å². The Morgan fingerprint density at radius 1 is 0.882 bits per heavy atom. The molecule has 0 bridgehead atoms. The quantitative estimate of drug-likeness (QED) is 0.307. The number of hydrogen-bond acceptors (Lipinski definition) is 3. The van der Waals surface area contributed by atoms with E-state index in [1.807, 2.05) is 73.7 Å². The fourth-order valence-electron chi connectivity index (χ4n) is 3.56. The molecule has 0 aliphatic carbocycles. The van der Waals surface area contributed by atoms with Crippen LogP contribution in [0.25, 0.3) is 0 Å². The van der Waals surface area contributed by atoms with E-state index in [4.69, 9.17) is 23.2 Å². The first-order valence-electron chi connectivity index (χ1n) is 11.2. The normalized spacial score (nSPS) is 11.6. The predicted molar refractivity (Wildman–Crippen MR) is 141 cm³/mol. The summed E-state index contributed by atoms with van der Waals surface area (Å²) in [7, 11) is 0. The Hall–Kier alpha value is -2.47. The molecule has 0 radical (unpaired) electrons. The number of carbonyl (C=O) groups excluding carboxylic acids is 2. The molecule has 3 rings (SSSR count). The molecule has 4 nitrogen and oxygen atoms in total. The van der Waals surface area contributed by atoms with Crippen molar-refractivity contribution in [2.75, 3.05) is 12.3 Å². The number of rotatable bonds is 11. The molecule has 1 N–H and O–H groups in total. The number of nitrogens with one attached hydrogen (secondary N) is 1. The Morgan fingerprint density at radius 3 is 2.12 bits per heavy atom. The van der Waals surface area contributed by atoms with E-state index in [1.54, 1.807) is 28.8 Å². The molecule has 178 valence electrons. The third-order valence-electron chi connectivity index (χ3n) is 5.29. The molecule has 2 amide bonds. The van der Waals surface area contributed by atoms with Crippen molar-refractivity contribution < 1.29 is 9.59 Å². The van der Waals surface area contributed by atoms with Crippen molar-refractivity contribution >= 4 is 46.8 Å². The Kier molecular flexibility index (Phi) is 10.3. The monoisotopic (exact) mass is 514 g/mol. The van der Waals surface area contributed by atoms with Crippen molar-refractivity contribution in [2.24, 2.45) is 0 Å². The minimum atomic E-state index is -0.619. The lowest BCUT2D eigenvalue weighted by Crippen LogP contribution is -2.50. The van der Waals surface area contributed by atoms with Crippen LogP contribution in [0.15, 0.2) is 83.8 Å². The van der Waals surface area contributed by atoms with Crippen LogP contribution in [0.5, 0.6) is 0 Å². The minimum absolute atomic E-state index is 0.0661. The van der Waals surface area contributed by atoms with Crippen LogP contribution in [0, 0.1) is 0 Å². The van der Waals surface area contributed by atoms with Crippen molar-refractivity contribution in [3.63, 3.8) is 0 Å². The van der Waals surface area contributed by atoms with Crippen LogP contribution in [0.1, 0.15) is 24.5 Å². The van der Waals surface area contributed by atoms with Gasteiger partial charge in [-0.15, -0.1) is 11.8 Å². The number of benzene rings is 3. The SMILES string of the molecule is CCNC(=O)C(Cc1ccccc1)N(Cc1ccc(Cl)cc1)C(=O)CCSc1ccc(Cl)cc1. The van der Waals surface area contributed by atoms with Gasteiger partial charge >= 0.3 is 0 Å². The third kappa shape index (κ3) is 8.08. The van der Waals surface area contributed by atoms with Crippen molar-refractivity contribution in [1.82, 2.24) is 10.2 Å². The molecule has 3 aromatic rings. The van der Waals surface area contributed by atoms with Crippen LogP contribution < -0.4 is 5.32 Å². The first-order valence-corrected chi connectivity index (χ1v) is 12.9. The molecular weight excluding hydrogens is 487 g/mol. The second kappa shape index (κ2) is 13.4. The lowest BCUT2D eigenvalue weighted by Gasteiger charge is -2.31. The number of nitrogens with zero attached hydrogens (tertiary/aromatic N) is 1. The van der Waals surface area contributed by atoms with Crippen LogP contribution in [0.3, 0.4) is 0 Å². The number of hydrogen-bond donors (Lipinski definition) is 1. The van der Waals surface area contributed by atoms with Gasteiger partial charge in [0.1, 0.15) is 6.04 Å². The van der Waals surface area contributed by atoms with Crippen LogP contribution >= 0.6 is 35.0 Å². The smallest absolute Gasteiger partial charge is 0.243 e. The van der Waals surface area contributed by atoms with E-state index in [0.717, 1.165) is 16.0 Å². The summed E-state index contributed by atoms with van der Waals surface area (Å²) < 4.78 is 0. The first kappa shape index (κ1) is 26.1. The summed E-state index contributed by atoms with van der Waals surface area (Å²) >= 11 is 13.6. The van der Waals surface area contributed by atoms with Gasteiger partial charge in [0.15, 0.2) is 0 Å². The van der Waals surface area contributed by atoms with Gasteiger partial charge in [-0.3, -0.25) is 9.59 Å². The Bertz CT molecular complexity index is 1060. The van der Waals surface area contributed by atoms with Gasteiger partial charge in [-0.25, -0.2) is 0 Å². The molecule has 0 aromatic heterocycles. The summed E-state index contributed by atoms with van der Waals surface area (Å²) in [5.74, 6) is 0.382. The molecule has 0 fully saturated rings. The van der Waals surface area contributed by atoms with Gasteiger partial charge in [0.05, 0.1) is 0 Å². The highest BCUT2D eigenvalue weighted by atomic mass is 35.5. The molecule has 0 spiro atoms. The molecule has 34 heavy (non-hydrogen) atoms. The topological polar surface area (TPSA) is 49.4 Å². The first-order chi connectivity index (χ1) is 16.5. The number of halogens is 2. The highest BCUT2D eigenvalue weighted by Gasteiger charge is 2.29. The molecule has 7 heteroatoms. The second-order valence-electron chi connectivity index (χ2n) is 7.80. The van der Waals surface area contributed by atoms with E-state index in [-0.39, 0.29) is 11.8 Å². The highest BCUT2D eigenvalue weighted by Crippen LogP contribution is 2.23. The lowest BCUT2D eigenvalue weighted by molar-refractivity contribution is -0.140. The van der Waals surface area contributed by atoms with Crippen molar-refractivity contribution in [1.29, 1.82) is 0 Å². The number of amides is 2. The maximum absolute atomic E-state index is 13.5. The number of thioether (sulfide) groups is 1. The summed E-state index contributed by atoms with van der Waals surface area (Å²) in [4.78, 5) is 29.4. The Labute approximate surface area is 215 Å². The second-order valence-corrected chi connectivity index (χ2v) is 9.84. The molecule has 0 heterocycles. The van der Waals surface area contributed by atoms with Gasteiger partial charge in [0, 0.05) is 46.6 Å². The van der Waals surface area contributed by atoms with E-state index in [0.29, 0.717) is 41.7 Å². The molecule has 0 aliphatic heterocycles. The van der Waals surface area contributed by atoms with Gasteiger partial charge in [-0.05, 0) is 54.4 Å². The van der Waals surface area contributed by atoms with Gasteiger partial charge < -0.3 is 10.2 Å². The van der Waals surface area contributed by atoms with E-state index in [2.05, 4.69) is 5.32 Å². The fraction of sp³-hybridized carbons (Fsp3) is 0.259. The predicted octanol–water partition coefficient (Wildman–Crippen LogP) is 6.25. The summed E-state index contributed by atoms with van der Waals surface area (Å²) in [6.45, 7) is 2.71. The standard InChI is InChI=1S/C27H28Cl2N2O2S/c1-2-30-27(33)25(18-20-6-4-3-5-7-20)31(19-21-8-10-22(28)11-9-21)26(32)16-17-34-24-14-12-23(29)13-15-24/h3-15,25H,2,16-19H2,1H3,(H,30,33). The largest absolute Gasteiger partial charge is 0.355 e. The van der Waals surface area contributed by atoms with Crippen LogP contribution in [-0.4, -0.2) is 35.1 Å². The molecule has 0 aliphatic rings. The summed E-state index contributed by atoms with van der Waals surface area (Å²) in [6, 6.07) is 24.1. The Balaban J connectivity index is 1.81. The molecule has 1 atom stereocenters. The molecule has 3 aromatic carbocycles. The van der Waals surface area contributed by atoms with Gasteiger partial charge in [0.2, 0.25) is 11.8 Å². The fourth-order valence-corrected chi connectivity index (χ4v) is 4.66.